The fraction of sp³-hybridized carbons (Fsp3) is 0.400. The number of piperidine rings is 1. The number of carboxylic acid groups (broad SMARTS) is 1. The van der Waals surface area contributed by atoms with Gasteiger partial charge in [-0.15, -0.1) is 0 Å². The second-order valence-electron chi connectivity index (χ2n) is 6.63. The first-order valence-electron chi connectivity index (χ1n) is 8.53. The van der Waals surface area contributed by atoms with Crippen LogP contribution in [-0.4, -0.2) is 33.5 Å². The predicted octanol–water partition coefficient (Wildman–Crippen LogP) is 3.73. The van der Waals surface area contributed by atoms with E-state index in [1.165, 1.54) is 5.56 Å². The fourth-order valence-electron chi connectivity index (χ4n) is 3.62. The first kappa shape index (κ1) is 16.7. The Morgan fingerprint density at radius 3 is 2.62 bits per heavy atom. The van der Waals surface area contributed by atoms with Gasteiger partial charge in [-0.25, -0.2) is 0 Å². The smallest absolute Gasteiger partial charge is 0.320 e. The molecule has 1 saturated heterocycles. The van der Waals surface area contributed by atoms with Crippen LogP contribution >= 0.6 is 0 Å². The topological polar surface area (TPSA) is 53.4 Å². The number of benzene rings is 1. The molecule has 3 rings (SSSR count). The van der Waals surface area contributed by atoms with Crippen molar-refractivity contribution >= 4 is 5.97 Å². The summed E-state index contributed by atoms with van der Waals surface area (Å²) in [5.41, 5.74) is 4.58. The first-order chi connectivity index (χ1) is 11.6. The van der Waals surface area contributed by atoms with Crippen LogP contribution in [0.15, 0.2) is 42.7 Å². The number of hydrogen-bond acceptors (Lipinski definition) is 3. The minimum absolute atomic E-state index is 0.0463. The van der Waals surface area contributed by atoms with E-state index in [1.807, 2.05) is 19.2 Å². The zero-order chi connectivity index (χ0) is 17.1. The van der Waals surface area contributed by atoms with Crippen molar-refractivity contribution in [2.24, 2.45) is 0 Å². The number of aliphatic carboxylic acids is 1. The lowest BCUT2D eigenvalue weighted by molar-refractivity contribution is -0.145. The number of pyridine rings is 1. The van der Waals surface area contributed by atoms with Crippen LogP contribution in [0.5, 0.6) is 0 Å². The van der Waals surface area contributed by atoms with Gasteiger partial charge in [0.05, 0.1) is 6.04 Å². The van der Waals surface area contributed by atoms with Gasteiger partial charge in [-0.1, -0.05) is 36.2 Å². The van der Waals surface area contributed by atoms with Gasteiger partial charge in [0.25, 0.3) is 0 Å². The normalized spacial score (nSPS) is 19.8. The number of rotatable bonds is 4. The van der Waals surface area contributed by atoms with Gasteiger partial charge in [-0.05, 0) is 56.0 Å². The summed E-state index contributed by atoms with van der Waals surface area (Å²) in [5.74, 6) is -0.724. The minimum Gasteiger partial charge on any atom is -0.480 e. The van der Waals surface area contributed by atoms with Crippen LogP contribution in [0, 0.1) is 13.8 Å². The van der Waals surface area contributed by atoms with Crippen molar-refractivity contribution in [1.82, 2.24) is 9.88 Å². The molecule has 126 valence electrons. The van der Waals surface area contributed by atoms with Gasteiger partial charge < -0.3 is 5.11 Å². The molecular formula is C20H24N2O2. The Hall–Kier alpha value is -2.20. The zero-order valence-electron chi connectivity index (χ0n) is 14.3. The maximum atomic E-state index is 11.8. The van der Waals surface area contributed by atoms with Crippen LogP contribution in [0.2, 0.25) is 0 Å². The average molecular weight is 324 g/mol. The molecule has 2 aromatic rings. The maximum absolute atomic E-state index is 11.8. The zero-order valence-corrected chi connectivity index (χ0v) is 14.3. The van der Waals surface area contributed by atoms with Crippen molar-refractivity contribution in [2.45, 2.75) is 45.2 Å². The molecule has 4 heteroatoms. The molecule has 2 unspecified atom stereocenters. The molecular weight excluding hydrogens is 300 g/mol. The monoisotopic (exact) mass is 324 g/mol. The van der Waals surface area contributed by atoms with Gasteiger partial charge in [0.1, 0.15) is 6.04 Å². The summed E-state index contributed by atoms with van der Waals surface area (Å²) in [6.45, 7) is 4.91. The second kappa shape index (κ2) is 7.14. The Bertz CT molecular complexity index is 712. The van der Waals surface area contributed by atoms with Gasteiger partial charge in [-0.2, -0.15) is 0 Å². The molecule has 4 nitrogen and oxygen atoms in total. The van der Waals surface area contributed by atoms with E-state index in [1.54, 1.807) is 6.20 Å². The van der Waals surface area contributed by atoms with Crippen molar-refractivity contribution in [3.63, 3.8) is 0 Å². The standard InChI is InChI=1S/C20H24N2O2/c1-14-6-8-16(9-7-14)19(17-10-11-21-13-15(17)2)22-12-4-3-5-18(22)20(23)24/h6-11,13,18-19H,3-5,12H2,1-2H3,(H,23,24). The predicted molar refractivity (Wildman–Crippen MR) is 94.0 cm³/mol. The minimum atomic E-state index is -0.724. The summed E-state index contributed by atoms with van der Waals surface area (Å²) in [7, 11) is 0. The van der Waals surface area contributed by atoms with Crippen molar-refractivity contribution in [3.05, 3.63) is 65.0 Å². The van der Waals surface area contributed by atoms with Gasteiger partial charge in [0.15, 0.2) is 0 Å². The van der Waals surface area contributed by atoms with E-state index in [0.717, 1.165) is 36.1 Å². The highest BCUT2D eigenvalue weighted by molar-refractivity contribution is 5.73. The summed E-state index contributed by atoms with van der Waals surface area (Å²) in [4.78, 5) is 18.2. The lowest BCUT2D eigenvalue weighted by Gasteiger charge is -2.40. The van der Waals surface area contributed by atoms with Gasteiger partial charge in [-0.3, -0.25) is 14.7 Å². The molecule has 0 amide bonds. The summed E-state index contributed by atoms with van der Waals surface area (Å²) in [6.07, 6.45) is 6.38. The van der Waals surface area contributed by atoms with Crippen LogP contribution in [0.4, 0.5) is 0 Å². The van der Waals surface area contributed by atoms with Crippen molar-refractivity contribution < 1.29 is 9.90 Å². The van der Waals surface area contributed by atoms with E-state index in [9.17, 15) is 9.90 Å². The molecule has 0 spiro atoms. The van der Waals surface area contributed by atoms with E-state index >= 15 is 0 Å². The average Bonchev–Trinajstić information content (AvgIpc) is 2.59. The van der Waals surface area contributed by atoms with Crippen molar-refractivity contribution in [3.8, 4) is 0 Å². The van der Waals surface area contributed by atoms with Gasteiger partial charge in [0.2, 0.25) is 0 Å². The number of hydrogen-bond donors (Lipinski definition) is 1. The quantitative estimate of drug-likeness (QED) is 0.931. The summed E-state index contributed by atoms with van der Waals surface area (Å²) in [6, 6.07) is 9.97. The number of carboxylic acids is 1. The number of carbonyl (C=O) groups is 1. The number of aryl methyl sites for hydroxylation is 2. The molecule has 1 aliphatic rings. The maximum Gasteiger partial charge on any atom is 0.320 e. The van der Waals surface area contributed by atoms with Crippen molar-refractivity contribution in [1.29, 1.82) is 0 Å². The molecule has 1 aromatic carbocycles. The Balaban J connectivity index is 2.09. The Morgan fingerprint density at radius 2 is 1.96 bits per heavy atom. The van der Waals surface area contributed by atoms with Crippen LogP contribution < -0.4 is 0 Å². The van der Waals surface area contributed by atoms with E-state index < -0.39 is 12.0 Å². The van der Waals surface area contributed by atoms with E-state index in [2.05, 4.69) is 41.1 Å². The third-order valence-electron chi connectivity index (χ3n) is 4.91. The molecule has 0 bridgehead atoms. The molecule has 1 aliphatic heterocycles. The largest absolute Gasteiger partial charge is 0.480 e. The van der Waals surface area contributed by atoms with Crippen LogP contribution in [0.3, 0.4) is 0 Å². The van der Waals surface area contributed by atoms with E-state index in [0.29, 0.717) is 6.42 Å². The molecule has 0 saturated carbocycles. The van der Waals surface area contributed by atoms with Gasteiger partial charge in [0, 0.05) is 12.4 Å². The molecule has 0 aliphatic carbocycles. The lowest BCUT2D eigenvalue weighted by Crippen LogP contribution is -2.47. The van der Waals surface area contributed by atoms with E-state index in [4.69, 9.17) is 0 Å². The van der Waals surface area contributed by atoms with Crippen LogP contribution in [0.25, 0.3) is 0 Å². The summed E-state index contributed by atoms with van der Waals surface area (Å²) < 4.78 is 0. The molecule has 2 heterocycles. The van der Waals surface area contributed by atoms with Gasteiger partial charge >= 0.3 is 5.97 Å². The molecule has 2 atom stereocenters. The van der Waals surface area contributed by atoms with Crippen LogP contribution in [0.1, 0.15) is 47.6 Å². The highest BCUT2D eigenvalue weighted by Gasteiger charge is 2.35. The highest BCUT2D eigenvalue weighted by atomic mass is 16.4. The van der Waals surface area contributed by atoms with Crippen LogP contribution in [-0.2, 0) is 4.79 Å². The molecule has 1 aromatic heterocycles. The number of aromatic nitrogens is 1. The van der Waals surface area contributed by atoms with E-state index in [-0.39, 0.29) is 6.04 Å². The molecule has 1 fully saturated rings. The highest BCUT2D eigenvalue weighted by Crippen LogP contribution is 2.35. The molecule has 1 N–H and O–H groups in total. The summed E-state index contributed by atoms with van der Waals surface area (Å²) in [5, 5.41) is 9.71. The third-order valence-corrected chi connectivity index (χ3v) is 4.91. The Morgan fingerprint density at radius 1 is 1.21 bits per heavy atom. The number of nitrogens with zero attached hydrogens (tertiary/aromatic N) is 2. The molecule has 0 radical (unpaired) electrons. The Kier molecular flexibility index (Phi) is 4.95. The molecule has 24 heavy (non-hydrogen) atoms. The second-order valence-corrected chi connectivity index (χ2v) is 6.63. The fourth-order valence-corrected chi connectivity index (χ4v) is 3.62. The Labute approximate surface area is 143 Å². The first-order valence-corrected chi connectivity index (χ1v) is 8.53. The third kappa shape index (κ3) is 3.34. The summed E-state index contributed by atoms with van der Waals surface area (Å²) >= 11 is 0. The van der Waals surface area contributed by atoms with Crippen molar-refractivity contribution in [2.75, 3.05) is 6.54 Å². The SMILES string of the molecule is Cc1ccc(C(c2ccncc2C)N2CCCCC2C(=O)O)cc1. The number of likely N-dealkylation sites (tertiary alicyclic amines) is 1. The lowest BCUT2D eigenvalue weighted by atomic mass is 9.90.